The highest BCUT2D eigenvalue weighted by Crippen LogP contribution is 2.36. The third-order valence-electron chi connectivity index (χ3n) is 2.74. The van der Waals surface area contributed by atoms with E-state index in [2.05, 4.69) is 0 Å². The number of fused-ring (bicyclic) bond motifs is 1. The second kappa shape index (κ2) is 5.38. The van der Waals surface area contributed by atoms with Gasteiger partial charge < -0.3 is 19.9 Å². The molecule has 0 amide bonds. The molecule has 1 aromatic rings. The molecule has 4 nitrogen and oxygen atoms in total. The Kier molecular flexibility index (Phi) is 3.86. The molecule has 4 heteroatoms. The highest BCUT2D eigenvalue weighted by molar-refractivity contribution is 5.51. The van der Waals surface area contributed by atoms with Crippen LogP contribution in [0.4, 0.5) is 0 Å². The Bertz CT molecular complexity index is 390. The highest BCUT2D eigenvalue weighted by Gasteiger charge is 2.19. The van der Waals surface area contributed by atoms with Crippen LogP contribution in [0.1, 0.15) is 18.1 Å². The molecule has 0 saturated carbocycles. The lowest BCUT2D eigenvalue weighted by Crippen LogP contribution is -2.21. The summed E-state index contributed by atoms with van der Waals surface area (Å²) in [5.74, 6) is 1.62. The zero-order valence-electron chi connectivity index (χ0n) is 10.4. The number of hydrogen-bond donors (Lipinski definition) is 1. The van der Waals surface area contributed by atoms with Crippen molar-refractivity contribution in [3.05, 3.63) is 23.3 Å². The first kappa shape index (κ1) is 12.2. The van der Waals surface area contributed by atoms with Gasteiger partial charge in [0.2, 0.25) is 0 Å². The van der Waals surface area contributed by atoms with E-state index in [1.807, 2.05) is 19.1 Å². The second-order valence-corrected chi connectivity index (χ2v) is 4.34. The van der Waals surface area contributed by atoms with Gasteiger partial charge in [-0.1, -0.05) is 6.07 Å². The smallest absolute Gasteiger partial charge is 0.167 e. The van der Waals surface area contributed by atoms with Gasteiger partial charge in [0.05, 0.1) is 6.61 Å². The summed E-state index contributed by atoms with van der Waals surface area (Å²) in [6, 6.07) is 4.12. The molecule has 0 radical (unpaired) electrons. The molecule has 0 aliphatic carbocycles. The Hall–Kier alpha value is -1.26. The lowest BCUT2D eigenvalue weighted by Gasteiger charge is -2.23. The van der Waals surface area contributed by atoms with Gasteiger partial charge in [-0.25, -0.2) is 0 Å². The molecule has 2 N–H and O–H groups in total. The predicted molar refractivity (Wildman–Crippen MR) is 65.5 cm³/mol. The maximum absolute atomic E-state index is 5.85. The van der Waals surface area contributed by atoms with Crippen LogP contribution < -0.4 is 15.2 Å². The first-order valence-electron chi connectivity index (χ1n) is 5.87. The van der Waals surface area contributed by atoms with Crippen LogP contribution in [0.2, 0.25) is 0 Å². The minimum Gasteiger partial charge on any atom is -0.486 e. The molecule has 17 heavy (non-hydrogen) atoms. The molecule has 0 aromatic heterocycles. The van der Waals surface area contributed by atoms with Crippen molar-refractivity contribution in [3.63, 3.8) is 0 Å². The summed E-state index contributed by atoms with van der Waals surface area (Å²) in [6.45, 7) is 3.71. The van der Waals surface area contributed by atoms with Crippen LogP contribution in [0.5, 0.6) is 11.5 Å². The Morgan fingerprint density at radius 3 is 2.82 bits per heavy atom. The third-order valence-corrected chi connectivity index (χ3v) is 2.74. The van der Waals surface area contributed by atoms with Crippen molar-refractivity contribution >= 4 is 0 Å². The molecule has 94 valence electrons. The Morgan fingerprint density at radius 2 is 2.12 bits per heavy atom. The van der Waals surface area contributed by atoms with E-state index in [-0.39, 0.29) is 6.04 Å². The van der Waals surface area contributed by atoms with E-state index in [1.54, 1.807) is 7.11 Å². The van der Waals surface area contributed by atoms with Crippen molar-refractivity contribution in [1.29, 1.82) is 0 Å². The minimum atomic E-state index is 0.119. The van der Waals surface area contributed by atoms with E-state index in [0.717, 1.165) is 23.5 Å². The third kappa shape index (κ3) is 2.70. The van der Waals surface area contributed by atoms with Crippen molar-refractivity contribution in [2.24, 2.45) is 5.73 Å². The number of hydrogen-bond acceptors (Lipinski definition) is 4. The van der Waals surface area contributed by atoms with E-state index in [9.17, 15) is 0 Å². The summed E-state index contributed by atoms with van der Waals surface area (Å²) in [6.07, 6.45) is 0.815. The van der Waals surface area contributed by atoms with Crippen LogP contribution >= 0.6 is 0 Å². The van der Waals surface area contributed by atoms with Crippen molar-refractivity contribution in [2.45, 2.75) is 26.0 Å². The van der Waals surface area contributed by atoms with Crippen LogP contribution in [0, 0.1) is 0 Å². The topological polar surface area (TPSA) is 53.7 Å². The molecule has 1 atom stereocenters. The maximum atomic E-state index is 5.85. The average molecular weight is 237 g/mol. The second-order valence-electron chi connectivity index (χ2n) is 4.34. The summed E-state index contributed by atoms with van der Waals surface area (Å²) >= 11 is 0. The molecule has 0 spiro atoms. The van der Waals surface area contributed by atoms with E-state index in [0.29, 0.717) is 19.8 Å². The van der Waals surface area contributed by atoms with Crippen molar-refractivity contribution < 1.29 is 14.2 Å². The average Bonchev–Trinajstić information content (AvgIpc) is 2.32. The lowest BCUT2D eigenvalue weighted by molar-refractivity contribution is 0.152. The monoisotopic (exact) mass is 237 g/mol. The van der Waals surface area contributed by atoms with Gasteiger partial charge in [-0.3, -0.25) is 0 Å². The van der Waals surface area contributed by atoms with E-state index >= 15 is 0 Å². The number of benzene rings is 1. The summed E-state index contributed by atoms with van der Waals surface area (Å²) in [5.41, 5.74) is 8.08. The summed E-state index contributed by atoms with van der Waals surface area (Å²) < 4.78 is 16.5. The van der Waals surface area contributed by atoms with Crippen LogP contribution in [0.3, 0.4) is 0 Å². The number of rotatable bonds is 4. The fourth-order valence-electron chi connectivity index (χ4n) is 2.06. The molecular weight excluding hydrogens is 218 g/mol. The number of nitrogens with two attached hydrogens (primary N) is 1. The molecule has 0 saturated heterocycles. The van der Waals surface area contributed by atoms with Gasteiger partial charge in [-0.15, -0.1) is 0 Å². The zero-order valence-corrected chi connectivity index (χ0v) is 10.4. The molecule has 2 rings (SSSR count). The van der Waals surface area contributed by atoms with Gasteiger partial charge in [0.15, 0.2) is 11.5 Å². The standard InChI is InChI=1S/C13H19NO3/c1-9(14)7-10-3-4-12-13(11(10)8-15-2)17-6-5-16-12/h3-4,9H,5-8,14H2,1-2H3. The van der Waals surface area contributed by atoms with Gasteiger partial charge in [-0.05, 0) is 25.0 Å². The Morgan fingerprint density at radius 1 is 1.35 bits per heavy atom. The van der Waals surface area contributed by atoms with Crippen molar-refractivity contribution in [1.82, 2.24) is 0 Å². The predicted octanol–water partition coefficient (Wildman–Crippen LogP) is 1.49. The minimum absolute atomic E-state index is 0.119. The van der Waals surface area contributed by atoms with Crippen LogP contribution in [-0.2, 0) is 17.8 Å². The van der Waals surface area contributed by atoms with Crippen LogP contribution in [-0.4, -0.2) is 26.4 Å². The Labute approximate surface area is 102 Å². The van der Waals surface area contributed by atoms with E-state index in [4.69, 9.17) is 19.9 Å². The maximum Gasteiger partial charge on any atom is 0.167 e. The molecule has 1 aliphatic rings. The summed E-state index contributed by atoms with van der Waals surface area (Å²) in [4.78, 5) is 0. The largest absolute Gasteiger partial charge is 0.486 e. The lowest BCUT2D eigenvalue weighted by atomic mass is 10.00. The summed E-state index contributed by atoms with van der Waals surface area (Å²) in [7, 11) is 1.68. The normalized spacial score (nSPS) is 15.7. The van der Waals surface area contributed by atoms with E-state index < -0.39 is 0 Å². The van der Waals surface area contributed by atoms with Gasteiger partial charge >= 0.3 is 0 Å². The zero-order chi connectivity index (χ0) is 12.3. The van der Waals surface area contributed by atoms with Crippen LogP contribution in [0.15, 0.2) is 12.1 Å². The fourth-order valence-corrected chi connectivity index (χ4v) is 2.06. The summed E-state index contributed by atoms with van der Waals surface area (Å²) in [5, 5.41) is 0. The first-order valence-corrected chi connectivity index (χ1v) is 5.87. The van der Waals surface area contributed by atoms with Crippen molar-refractivity contribution in [3.8, 4) is 11.5 Å². The first-order chi connectivity index (χ1) is 8.22. The van der Waals surface area contributed by atoms with Gasteiger partial charge in [0.1, 0.15) is 13.2 Å². The highest BCUT2D eigenvalue weighted by atomic mass is 16.6. The molecule has 1 aromatic carbocycles. The van der Waals surface area contributed by atoms with Crippen molar-refractivity contribution in [2.75, 3.05) is 20.3 Å². The Balaban J connectivity index is 2.38. The SMILES string of the molecule is COCc1c(CC(C)N)ccc2c1OCCO2. The van der Waals surface area contributed by atoms with Gasteiger partial charge in [-0.2, -0.15) is 0 Å². The number of methoxy groups -OCH3 is 1. The fraction of sp³-hybridized carbons (Fsp3) is 0.538. The van der Waals surface area contributed by atoms with Crippen LogP contribution in [0.25, 0.3) is 0 Å². The molecule has 0 fully saturated rings. The van der Waals surface area contributed by atoms with Gasteiger partial charge in [0.25, 0.3) is 0 Å². The molecule has 1 unspecified atom stereocenters. The quantitative estimate of drug-likeness (QED) is 0.862. The molecular formula is C13H19NO3. The number of ether oxygens (including phenoxy) is 3. The molecule has 0 bridgehead atoms. The molecule has 1 aliphatic heterocycles. The van der Waals surface area contributed by atoms with Gasteiger partial charge in [0, 0.05) is 18.7 Å². The van der Waals surface area contributed by atoms with E-state index in [1.165, 1.54) is 5.56 Å². The molecule has 1 heterocycles.